The third kappa shape index (κ3) is 4.23. The van der Waals surface area contributed by atoms with Crippen molar-refractivity contribution in [2.45, 2.75) is 27.3 Å². The van der Waals surface area contributed by atoms with Crippen LogP contribution in [0.1, 0.15) is 33.2 Å². The average Bonchev–Trinajstić information content (AvgIpc) is 3.09. The molecule has 0 saturated carbocycles. The lowest BCUT2D eigenvalue weighted by atomic mass is 10.1. The second kappa shape index (κ2) is 7.17. The van der Waals surface area contributed by atoms with Gasteiger partial charge >= 0.3 is 0 Å². The molecule has 0 atom stereocenters. The van der Waals surface area contributed by atoms with E-state index >= 15 is 0 Å². The summed E-state index contributed by atoms with van der Waals surface area (Å²) in [4.78, 5) is 21.1. The molecule has 0 aliphatic rings. The molecule has 6 heteroatoms. The van der Waals surface area contributed by atoms with Crippen molar-refractivity contribution in [2.75, 3.05) is 10.6 Å². The smallest absolute Gasteiger partial charge is 0.274 e. The molecule has 0 aliphatic carbocycles. The first-order chi connectivity index (χ1) is 12.0. The molecule has 0 aliphatic heterocycles. The van der Waals surface area contributed by atoms with Crippen molar-refractivity contribution < 1.29 is 9.21 Å². The predicted molar refractivity (Wildman–Crippen MR) is 96.7 cm³/mol. The molecule has 2 aromatic heterocycles. The first-order valence-electron chi connectivity index (χ1n) is 8.02. The van der Waals surface area contributed by atoms with Crippen LogP contribution in [0.25, 0.3) is 0 Å². The summed E-state index contributed by atoms with van der Waals surface area (Å²) >= 11 is 0. The molecule has 0 fully saturated rings. The van der Waals surface area contributed by atoms with Crippen molar-refractivity contribution in [3.05, 3.63) is 71.1 Å². The fraction of sp³-hybridized carbons (Fsp3) is 0.211. The number of anilines is 2. The highest BCUT2D eigenvalue weighted by atomic mass is 16.3. The molecule has 0 spiro atoms. The van der Waals surface area contributed by atoms with E-state index in [-0.39, 0.29) is 5.91 Å². The van der Waals surface area contributed by atoms with Crippen LogP contribution in [0, 0.1) is 20.8 Å². The van der Waals surface area contributed by atoms with Crippen LogP contribution < -0.4 is 10.6 Å². The van der Waals surface area contributed by atoms with Crippen molar-refractivity contribution in [1.82, 2.24) is 9.97 Å². The minimum absolute atomic E-state index is 0.264. The predicted octanol–water partition coefficient (Wildman–Crippen LogP) is 3.86. The van der Waals surface area contributed by atoms with E-state index in [1.165, 1.54) is 0 Å². The van der Waals surface area contributed by atoms with Gasteiger partial charge in [0.25, 0.3) is 5.91 Å². The van der Waals surface area contributed by atoms with Gasteiger partial charge in [0.05, 0.1) is 12.8 Å². The molecule has 6 nitrogen and oxygen atoms in total. The van der Waals surface area contributed by atoms with Gasteiger partial charge in [0, 0.05) is 11.8 Å². The number of nitrogens with zero attached hydrogens (tertiary/aromatic N) is 2. The van der Waals surface area contributed by atoms with E-state index in [1.807, 2.05) is 44.2 Å². The Morgan fingerprint density at radius 3 is 2.72 bits per heavy atom. The molecule has 0 bridgehead atoms. The van der Waals surface area contributed by atoms with Crippen molar-refractivity contribution in [3.8, 4) is 0 Å². The van der Waals surface area contributed by atoms with Gasteiger partial charge in [0.15, 0.2) is 0 Å². The number of rotatable bonds is 5. The first kappa shape index (κ1) is 16.7. The molecule has 2 N–H and O–H groups in total. The van der Waals surface area contributed by atoms with Crippen LogP contribution in [0.3, 0.4) is 0 Å². The van der Waals surface area contributed by atoms with Crippen molar-refractivity contribution >= 4 is 17.4 Å². The van der Waals surface area contributed by atoms with Crippen molar-refractivity contribution in [2.24, 2.45) is 0 Å². The minimum atomic E-state index is -0.264. The lowest BCUT2D eigenvalue weighted by Crippen LogP contribution is -2.16. The SMILES string of the molecule is Cc1ccc(C)c(NC(=O)c2cc(NCc3ccco3)nc(C)n2)c1. The van der Waals surface area contributed by atoms with E-state index in [0.717, 1.165) is 22.6 Å². The Morgan fingerprint density at radius 1 is 1.12 bits per heavy atom. The lowest BCUT2D eigenvalue weighted by Gasteiger charge is -2.11. The molecule has 3 aromatic rings. The Balaban J connectivity index is 1.76. The summed E-state index contributed by atoms with van der Waals surface area (Å²) in [6.07, 6.45) is 1.62. The van der Waals surface area contributed by atoms with Crippen LogP contribution >= 0.6 is 0 Å². The Kier molecular flexibility index (Phi) is 4.79. The molecule has 25 heavy (non-hydrogen) atoms. The fourth-order valence-corrected chi connectivity index (χ4v) is 2.42. The van der Waals surface area contributed by atoms with Crippen LogP contribution in [0.15, 0.2) is 47.1 Å². The van der Waals surface area contributed by atoms with Gasteiger partial charge in [-0.3, -0.25) is 4.79 Å². The zero-order valence-corrected chi connectivity index (χ0v) is 14.5. The van der Waals surface area contributed by atoms with E-state index in [4.69, 9.17) is 4.42 Å². The summed E-state index contributed by atoms with van der Waals surface area (Å²) in [6, 6.07) is 11.3. The molecule has 128 valence electrons. The van der Waals surface area contributed by atoms with Gasteiger partial charge in [0.1, 0.15) is 23.1 Å². The standard InChI is InChI=1S/C19H20N4O2/c1-12-6-7-13(2)16(9-12)23-19(24)17-10-18(22-14(3)21-17)20-11-15-5-4-8-25-15/h4-10H,11H2,1-3H3,(H,23,24)(H,20,21,22). The maximum atomic E-state index is 12.6. The number of carbonyl (C=O) groups is 1. The lowest BCUT2D eigenvalue weighted by molar-refractivity contribution is 0.102. The monoisotopic (exact) mass is 336 g/mol. The topological polar surface area (TPSA) is 80.0 Å². The Bertz CT molecular complexity index is 888. The number of carbonyl (C=O) groups excluding carboxylic acids is 1. The second-order valence-electron chi connectivity index (χ2n) is 5.89. The fourth-order valence-electron chi connectivity index (χ4n) is 2.42. The molecule has 1 amide bonds. The van der Waals surface area contributed by atoms with E-state index in [9.17, 15) is 4.79 Å². The van der Waals surface area contributed by atoms with Gasteiger partial charge in [-0.05, 0) is 50.1 Å². The summed E-state index contributed by atoms with van der Waals surface area (Å²) < 4.78 is 5.28. The number of aryl methyl sites for hydroxylation is 3. The Morgan fingerprint density at radius 2 is 1.96 bits per heavy atom. The van der Waals surface area contributed by atoms with Gasteiger partial charge in [-0.1, -0.05) is 12.1 Å². The zero-order valence-electron chi connectivity index (χ0n) is 14.5. The van der Waals surface area contributed by atoms with Gasteiger partial charge < -0.3 is 15.1 Å². The second-order valence-corrected chi connectivity index (χ2v) is 5.89. The van der Waals surface area contributed by atoms with E-state index in [0.29, 0.717) is 23.9 Å². The zero-order chi connectivity index (χ0) is 17.8. The summed E-state index contributed by atoms with van der Waals surface area (Å²) in [6.45, 7) is 6.19. The largest absolute Gasteiger partial charge is 0.467 e. The normalized spacial score (nSPS) is 10.5. The molecule has 1 aromatic carbocycles. The van der Waals surface area contributed by atoms with Crippen molar-refractivity contribution in [1.29, 1.82) is 0 Å². The summed E-state index contributed by atoms with van der Waals surface area (Å²) in [5.41, 5.74) is 3.18. The highest BCUT2D eigenvalue weighted by Gasteiger charge is 2.12. The average molecular weight is 336 g/mol. The van der Waals surface area contributed by atoms with Crippen LogP contribution in [0.4, 0.5) is 11.5 Å². The van der Waals surface area contributed by atoms with Crippen LogP contribution in [-0.4, -0.2) is 15.9 Å². The first-order valence-corrected chi connectivity index (χ1v) is 8.02. The third-order valence-corrected chi connectivity index (χ3v) is 3.74. The van der Waals surface area contributed by atoms with E-state index in [1.54, 1.807) is 19.3 Å². The Hall–Kier alpha value is -3.15. The molecule has 2 heterocycles. The number of nitrogens with one attached hydrogen (secondary N) is 2. The molecular weight excluding hydrogens is 316 g/mol. The maximum Gasteiger partial charge on any atom is 0.274 e. The number of hydrogen-bond acceptors (Lipinski definition) is 5. The van der Waals surface area contributed by atoms with Gasteiger partial charge in [-0.25, -0.2) is 9.97 Å². The van der Waals surface area contributed by atoms with E-state index in [2.05, 4.69) is 20.6 Å². The summed E-state index contributed by atoms with van der Waals surface area (Å²) in [5.74, 6) is 1.63. The molecular formula is C19H20N4O2. The van der Waals surface area contributed by atoms with E-state index < -0.39 is 0 Å². The quantitative estimate of drug-likeness (QED) is 0.739. The van der Waals surface area contributed by atoms with Crippen LogP contribution in [0.2, 0.25) is 0 Å². The van der Waals surface area contributed by atoms with Crippen molar-refractivity contribution in [3.63, 3.8) is 0 Å². The molecule has 3 rings (SSSR count). The number of hydrogen-bond donors (Lipinski definition) is 2. The highest BCUT2D eigenvalue weighted by Crippen LogP contribution is 2.18. The Labute approximate surface area is 146 Å². The van der Waals surface area contributed by atoms with Gasteiger partial charge in [0.2, 0.25) is 0 Å². The maximum absolute atomic E-state index is 12.6. The van der Waals surface area contributed by atoms with Gasteiger partial charge in [-0.15, -0.1) is 0 Å². The number of amides is 1. The van der Waals surface area contributed by atoms with Gasteiger partial charge in [-0.2, -0.15) is 0 Å². The summed E-state index contributed by atoms with van der Waals surface area (Å²) in [7, 11) is 0. The number of furan rings is 1. The molecule has 0 saturated heterocycles. The number of benzene rings is 1. The van der Waals surface area contributed by atoms with Crippen LogP contribution in [-0.2, 0) is 6.54 Å². The molecule has 0 radical (unpaired) electrons. The highest BCUT2D eigenvalue weighted by molar-refractivity contribution is 6.03. The molecule has 0 unspecified atom stereocenters. The third-order valence-electron chi connectivity index (χ3n) is 3.74. The minimum Gasteiger partial charge on any atom is -0.467 e. The summed E-state index contributed by atoms with van der Waals surface area (Å²) in [5, 5.41) is 6.06. The number of aromatic nitrogens is 2. The van der Waals surface area contributed by atoms with Crippen LogP contribution in [0.5, 0.6) is 0 Å².